The highest BCUT2D eigenvalue weighted by Gasteiger charge is 2.22. The largest absolute Gasteiger partial charge is 0.497 e. The number of halogens is 2. The molecule has 0 N–H and O–H groups in total. The summed E-state index contributed by atoms with van der Waals surface area (Å²) in [5.41, 5.74) is 4.10. The van der Waals surface area contributed by atoms with Gasteiger partial charge in [-0.25, -0.2) is 0 Å². The minimum absolute atomic E-state index is 0. The number of ether oxygens (including phenoxy) is 1. The summed E-state index contributed by atoms with van der Waals surface area (Å²) in [6.45, 7) is 2.06. The van der Waals surface area contributed by atoms with Crippen LogP contribution in [0.15, 0.2) is 42.5 Å². The van der Waals surface area contributed by atoms with Crippen molar-refractivity contribution in [1.82, 2.24) is 4.90 Å². The monoisotopic (exact) mass is 337 g/mol. The normalized spacial score (nSPS) is 18.0. The summed E-state index contributed by atoms with van der Waals surface area (Å²) >= 11 is 6.02. The minimum Gasteiger partial charge on any atom is -0.497 e. The van der Waals surface area contributed by atoms with Crippen molar-refractivity contribution in [2.45, 2.75) is 18.9 Å². The molecule has 2 aromatic carbocycles. The summed E-state index contributed by atoms with van der Waals surface area (Å²) in [5.74, 6) is 1.35. The molecule has 0 aromatic heterocycles. The number of nitrogens with zero attached hydrogens (tertiary/aromatic N) is 1. The van der Waals surface area contributed by atoms with Crippen LogP contribution in [0.2, 0.25) is 5.02 Å². The van der Waals surface area contributed by atoms with Gasteiger partial charge in [0, 0.05) is 17.5 Å². The highest BCUT2D eigenvalue weighted by molar-refractivity contribution is 6.30. The zero-order valence-corrected chi connectivity index (χ0v) is 14.5. The van der Waals surface area contributed by atoms with Gasteiger partial charge in [-0.1, -0.05) is 29.8 Å². The smallest absolute Gasteiger partial charge is 0.119 e. The molecule has 0 aliphatic carbocycles. The lowest BCUT2D eigenvalue weighted by Crippen LogP contribution is -2.17. The summed E-state index contributed by atoms with van der Waals surface area (Å²) in [6, 6.07) is 14.7. The van der Waals surface area contributed by atoms with Crippen molar-refractivity contribution in [3.8, 4) is 5.75 Å². The van der Waals surface area contributed by atoms with E-state index in [1.165, 1.54) is 16.7 Å². The topological polar surface area (TPSA) is 12.5 Å². The maximum Gasteiger partial charge on any atom is 0.119 e. The highest BCUT2D eigenvalue weighted by atomic mass is 35.5. The quantitative estimate of drug-likeness (QED) is 0.784. The Morgan fingerprint density at radius 1 is 1.14 bits per heavy atom. The highest BCUT2D eigenvalue weighted by Crippen LogP contribution is 2.35. The lowest BCUT2D eigenvalue weighted by atomic mass is 9.86. The first-order valence-corrected chi connectivity index (χ1v) is 7.66. The number of methoxy groups -OCH3 is 1. The van der Waals surface area contributed by atoms with Gasteiger partial charge in [0.25, 0.3) is 0 Å². The van der Waals surface area contributed by atoms with Crippen molar-refractivity contribution in [2.75, 3.05) is 20.7 Å². The second-order valence-electron chi connectivity index (χ2n) is 5.70. The van der Waals surface area contributed by atoms with Crippen LogP contribution in [0.3, 0.4) is 0 Å². The average Bonchev–Trinajstić information content (AvgIpc) is 2.65. The van der Waals surface area contributed by atoms with Gasteiger partial charge in [-0.15, -0.1) is 12.4 Å². The molecule has 0 saturated heterocycles. The Labute approximate surface area is 143 Å². The van der Waals surface area contributed by atoms with Crippen LogP contribution in [0.25, 0.3) is 0 Å². The molecule has 0 fully saturated rings. The summed E-state index contributed by atoms with van der Waals surface area (Å²) in [7, 11) is 3.90. The SMILES string of the molecule is COc1ccc2c(c1)CN(C)CCC2c1ccc(Cl)cc1.Cl. The van der Waals surface area contributed by atoms with Crippen molar-refractivity contribution in [1.29, 1.82) is 0 Å². The average molecular weight is 338 g/mol. The van der Waals surface area contributed by atoms with Gasteiger partial charge in [-0.3, -0.25) is 0 Å². The molecule has 3 rings (SSSR count). The van der Waals surface area contributed by atoms with Gasteiger partial charge in [0.05, 0.1) is 7.11 Å². The van der Waals surface area contributed by atoms with Gasteiger partial charge in [-0.2, -0.15) is 0 Å². The second kappa shape index (κ2) is 7.36. The first-order chi connectivity index (χ1) is 10.2. The molecular formula is C18H21Cl2NO. The Kier molecular flexibility index (Phi) is 5.74. The van der Waals surface area contributed by atoms with E-state index in [1.807, 2.05) is 12.1 Å². The van der Waals surface area contributed by atoms with Crippen molar-refractivity contribution in [3.05, 3.63) is 64.2 Å². The van der Waals surface area contributed by atoms with Gasteiger partial charge in [0.1, 0.15) is 5.75 Å². The third-order valence-corrected chi connectivity index (χ3v) is 4.49. The molecule has 0 spiro atoms. The van der Waals surface area contributed by atoms with Crippen LogP contribution < -0.4 is 4.74 Å². The van der Waals surface area contributed by atoms with Crippen molar-refractivity contribution >= 4 is 24.0 Å². The maximum atomic E-state index is 6.02. The van der Waals surface area contributed by atoms with E-state index >= 15 is 0 Å². The fourth-order valence-corrected chi connectivity index (χ4v) is 3.23. The van der Waals surface area contributed by atoms with Crippen molar-refractivity contribution in [2.24, 2.45) is 0 Å². The fraction of sp³-hybridized carbons (Fsp3) is 0.333. The van der Waals surface area contributed by atoms with Gasteiger partial charge in [0.2, 0.25) is 0 Å². The van der Waals surface area contributed by atoms with E-state index < -0.39 is 0 Å². The molecule has 2 aromatic rings. The zero-order valence-electron chi connectivity index (χ0n) is 12.9. The standard InChI is InChI=1S/C18H20ClNO.ClH/c1-20-10-9-18(13-3-5-15(19)6-4-13)17-8-7-16(21-2)11-14(17)12-20;/h3-8,11,18H,9-10,12H2,1-2H3;1H. The molecule has 0 saturated carbocycles. The molecule has 2 nitrogen and oxygen atoms in total. The minimum atomic E-state index is 0. The van der Waals surface area contributed by atoms with Crippen LogP contribution in [0, 0.1) is 0 Å². The molecule has 1 aliphatic rings. The fourth-order valence-electron chi connectivity index (χ4n) is 3.10. The Balaban J connectivity index is 0.00000176. The lowest BCUT2D eigenvalue weighted by Gasteiger charge is -2.18. The Hall–Kier alpha value is -1.22. The van der Waals surface area contributed by atoms with E-state index in [0.717, 1.165) is 30.3 Å². The summed E-state index contributed by atoms with van der Waals surface area (Å²) < 4.78 is 5.38. The Morgan fingerprint density at radius 3 is 2.55 bits per heavy atom. The molecule has 0 amide bonds. The number of hydrogen-bond donors (Lipinski definition) is 0. The molecule has 4 heteroatoms. The molecule has 0 radical (unpaired) electrons. The van der Waals surface area contributed by atoms with E-state index in [1.54, 1.807) is 7.11 Å². The molecule has 1 atom stereocenters. The molecule has 1 unspecified atom stereocenters. The number of fused-ring (bicyclic) bond motifs is 1. The van der Waals surface area contributed by atoms with E-state index in [9.17, 15) is 0 Å². The molecule has 22 heavy (non-hydrogen) atoms. The van der Waals surface area contributed by atoms with Gasteiger partial charge in [0.15, 0.2) is 0 Å². The van der Waals surface area contributed by atoms with Crippen LogP contribution in [-0.4, -0.2) is 25.6 Å². The van der Waals surface area contributed by atoms with Crippen molar-refractivity contribution in [3.63, 3.8) is 0 Å². The van der Waals surface area contributed by atoms with E-state index in [4.69, 9.17) is 16.3 Å². The predicted octanol–water partition coefficient (Wildman–Crippen LogP) is 4.74. The van der Waals surface area contributed by atoms with Crippen LogP contribution in [0.5, 0.6) is 5.75 Å². The predicted molar refractivity (Wildman–Crippen MR) is 94.5 cm³/mol. The number of benzene rings is 2. The summed E-state index contributed by atoms with van der Waals surface area (Å²) in [5, 5.41) is 0.791. The van der Waals surface area contributed by atoms with E-state index in [2.05, 4.69) is 42.3 Å². The molecule has 0 bridgehead atoms. The van der Waals surface area contributed by atoms with Crippen molar-refractivity contribution < 1.29 is 4.74 Å². The first-order valence-electron chi connectivity index (χ1n) is 7.28. The number of hydrogen-bond acceptors (Lipinski definition) is 2. The van der Waals surface area contributed by atoms with Gasteiger partial charge in [-0.05, 0) is 61.0 Å². The van der Waals surface area contributed by atoms with E-state index in [-0.39, 0.29) is 12.4 Å². The molecule has 118 valence electrons. The third-order valence-electron chi connectivity index (χ3n) is 4.24. The second-order valence-corrected chi connectivity index (χ2v) is 6.13. The van der Waals surface area contributed by atoms with Crippen LogP contribution in [-0.2, 0) is 6.54 Å². The van der Waals surface area contributed by atoms with Crippen LogP contribution in [0.4, 0.5) is 0 Å². The lowest BCUT2D eigenvalue weighted by molar-refractivity contribution is 0.327. The number of rotatable bonds is 2. The zero-order chi connectivity index (χ0) is 14.8. The van der Waals surface area contributed by atoms with E-state index in [0.29, 0.717) is 5.92 Å². The third kappa shape index (κ3) is 3.57. The summed E-state index contributed by atoms with van der Waals surface area (Å²) in [6.07, 6.45) is 1.12. The maximum absolute atomic E-state index is 6.02. The Morgan fingerprint density at radius 2 is 1.86 bits per heavy atom. The van der Waals surface area contributed by atoms with Crippen LogP contribution >= 0.6 is 24.0 Å². The molecule has 1 heterocycles. The molecule has 1 aliphatic heterocycles. The first kappa shape index (κ1) is 17.1. The summed E-state index contributed by atoms with van der Waals surface area (Å²) in [4.78, 5) is 2.37. The van der Waals surface area contributed by atoms with Gasteiger partial charge < -0.3 is 9.64 Å². The van der Waals surface area contributed by atoms with Crippen LogP contribution in [0.1, 0.15) is 29.0 Å². The molecular weight excluding hydrogens is 317 g/mol. The van der Waals surface area contributed by atoms with Gasteiger partial charge >= 0.3 is 0 Å². The Bertz CT molecular complexity index is 627.